The maximum absolute atomic E-state index is 8.86. The van der Waals surface area contributed by atoms with E-state index in [2.05, 4.69) is 0 Å². The number of aliphatic hydroxyl groups excluding tert-OH is 2. The summed E-state index contributed by atoms with van der Waals surface area (Å²) in [6.07, 6.45) is 0.948. The first-order valence-corrected chi connectivity index (χ1v) is 3.90. The van der Waals surface area contributed by atoms with E-state index in [0.717, 1.165) is 0 Å². The Kier molecular flexibility index (Phi) is 3.30. The van der Waals surface area contributed by atoms with Gasteiger partial charge < -0.3 is 14.9 Å². The van der Waals surface area contributed by atoms with Crippen LogP contribution in [0.5, 0.6) is 0 Å². The molecule has 3 nitrogen and oxygen atoms in total. The van der Waals surface area contributed by atoms with Crippen LogP contribution in [0, 0.1) is 12.8 Å². The molecule has 1 fully saturated rings. The van der Waals surface area contributed by atoms with Crippen molar-refractivity contribution in [2.24, 2.45) is 5.92 Å². The quantitative estimate of drug-likeness (QED) is 0.600. The van der Waals surface area contributed by atoms with E-state index in [-0.39, 0.29) is 31.3 Å². The first kappa shape index (κ1) is 8.97. The molecule has 0 aliphatic carbocycles. The largest absolute Gasteiger partial charge is 0.396 e. The van der Waals surface area contributed by atoms with Crippen LogP contribution in [0.1, 0.15) is 12.8 Å². The van der Waals surface area contributed by atoms with Crippen molar-refractivity contribution >= 4 is 0 Å². The molecule has 0 aromatic rings. The Hall–Kier alpha value is -0.120. The minimum Gasteiger partial charge on any atom is -0.396 e. The van der Waals surface area contributed by atoms with Crippen molar-refractivity contribution < 1.29 is 14.9 Å². The Bertz CT molecular complexity index is 116. The lowest BCUT2D eigenvalue weighted by atomic mass is 9.99. The monoisotopic (exact) mass is 158 g/mol. The highest BCUT2D eigenvalue weighted by atomic mass is 16.5. The highest BCUT2D eigenvalue weighted by molar-refractivity contribution is 4.82. The van der Waals surface area contributed by atoms with Crippen LogP contribution in [0.2, 0.25) is 0 Å². The summed E-state index contributed by atoms with van der Waals surface area (Å²) in [5.41, 5.74) is 0. The summed E-state index contributed by atoms with van der Waals surface area (Å²) in [6.45, 7) is 5.69. The van der Waals surface area contributed by atoms with E-state index in [4.69, 9.17) is 21.9 Å². The number of aliphatic hydroxyl groups is 2. The van der Waals surface area contributed by atoms with Gasteiger partial charge in [0.1, 0.15) is 0 Å². The summed E-state index contributed by atoms with van der Waals surface area (Å²) in [4.78, 5) is 0. The third-order valence-corrected chi connectivity index (χ3v) is 2.06. The van der Waals surface area contributed by atoms with Gasteiger partial charge in [-0.25, -0.2) is 0 Å². The second-order valence-electron chi connectivity index (χ2n) is 2.90. The third kappa shape index (κ3) is 2.15. The average molecular weight is 158 g/mol. The van der Waals surface area contributed by atoms with E-state index in [9.17, 15) is 0 Å². The Labute approximate surface area is 67.0 Å². The average Bonchev–Trinajstić information content (AvgIpc) is 2.32. The topological polar surface area (TPSA) is 49.7 Å². The van der Waals surface area contributed by atoms with Gasteiger partial charge in [-0.15, -0.1) is 0 Å². The predicted octanol–water partition coefficient (Wildman–Crippen LogP) is -0.154. The Morgan fingerprint density at radius 3 is 2.73 bits per heavy atom. The molecule has 2 radical (unpaired) electrons. The zero-order valence-electron chi connectivity index (χ0n) is 6.44. The fourth-order valence-electron chi connectivity index (χ4n) is 1.46. The third-order valence-electron chi connectivity index (χ3n) is 2.06. The van der Waals surface area contributed by atoms with Crippen molar-refractivity contribution in [2.45, 2.75) is 25.0 Å². The molecule has 0 aromatic heterocycles. The minimum absolute atomic E-state index is 0.0556. The molecule has 1 unspecified atom stereocenters. The maximum Gasteiger partial charge on any atom is 0.0651 e. The van der Waals surface area contributed by atoms with E-state index in [1.54, 1.807) is 0 Å². The molecule has 1 aliphatic rings. The summed E-state index contributed by atoms with van der Waals surface area (Å²) in [5, 5.41) is 17.5. The Morgan fingerprint density at radius 1 is 1.45 bits per heavy atom. The second-order valence-corrected chi connectivity index (χ2v) is 2.90. The minimum atomic E-state index is -0.260. The maximum atomic E-state index is 8.86. The zero-order valence-corrected chi connectivity index (χ0v) is 6.44. The van der Waals surface area contributed by atoms with Gasteiger partial charge in [-0.05, 0) is 19.8 Å². The molecule has 3 atom stereocenters. The summed E-state index contributed by atoms with van der Waals surface area (Å²) in [7, 11) is 0. The van der Waals surface area contributed by atoms with Crippen molar-refractivity contribution in [3.8, 4) is 0 Å². The van der Waals surface area contributed by atoms with Crippen LogP contribution in [0.15, 0.2) is 0 Å². The smallest absolute Gasteiger partial charge is 0.0651 e. The van der Waals surface area contributed by atoms with Crippen molar-refractivity contribution in [3.05, 3.63) is 6.92 Å². The molecule has 11 heavy (non-hydrogen) atoms. The number of ether oxygens (including phenoxy) is 1. The second kappa shape index (κ2) is 4.04. The van der Waals surface area contributed by atoms with Gasteiger partial charge in [0.2, 0.25) is 0 Å². The van der Waals surface area contributed by atoms with Crippen LogP contribution in [0.4, 0.5) is 0 Å². The van der Waals surface area contributed by atoms with Gasteiger partial charge in [-0.2, -0.15) is 0 Å². The number of hydrogen-bond acceptors (Lipinski definition) is 3. The number of hydrogen-bond donors (Lipinski definition) is 2. The van der Waals surface area contributed by atoms with Gasteiger partial charge >= 0.3 is 0 Å². The summed E-state index contributed by atoms with van der Waals surface area (Å²) in [6, 6.07) is 0. The molecule has 0 aromatic carbocycles. The van der Waals surface area contributed by atoms with E-state index in [1.807, 2.05) is 0 Å². The molecule has 2 N–H and O–H groups in total. The number of rotatable bonds is 3. The normalized spacial score (nSPS) is 37.9. The highest BCUT2D eigenvalue weighted by Crippen LogP contribution is 2.27. The van der Waals surface area contributed by atoms with Crippen LogP contribution in [0.25, 0.3) is 0 Å². The van der Waals surface area contributed by atoms with E-state index < -0.39 is 0 Å². The molecule has 1 rings (SSSR count). The van der Waals surface area contributed by atoms with Crippen LogP contribution in [-0.4, -0.2) is 35.6 Å². The van der Waals surface area contributed by atoms with Gasteiger partial charge in [0.15, 0.2) is 0 Å². The van der Waals surface area contributed by atoms with Gasteiger partial charge in [-0.3, -0.25) is 0 Å². The first-order valence-electron chi connectivity index (χ1n) is 3.90. The summed E-state index contributed by atoms with van der Waals surface area (Å²) >= 11 is 0. The zero-order chi connectivity index (χ0) is 8.27. The molecule has 0 bridgehead atoms. The lowest BCUT2D eigenvalue weighted by Gasteiger charge is -2.14. The van der Waals surface area contributed by atoms with Crippen LogP contribution < -0.4 is 0 Å². The fraction of sp³-hybridized carbons (Fsp3) is 0.875. The Morgan fingerprint density at radius 2 is 2.18 bits per heavy atom. The van der Waals surface area contributed by atoms with Gasteiger partial charge in [0.25, 0.3) is 0 Å². The van der Waals surface area contributed by atoms with E-state index in [0.29, 0.717) is 12.8 Å². The molecular formula is C8H14O3. The van der Waals surface area contributed by atoms with Crippen LogP contribution in [0.3, 0.4) is 0 Å². The van der Waals surface area contributed by atoms with Crippen LogP contribution in [-0.2, 0) is 4.74 Å². The van der Waals surface area contributed by atoms with E-state index in [1.165, 1.54) is 0 Å². The van der Waals surface area contributed by atoms with Crippen molar-refractivity contribution in [1.29, 1.82) is 0 Å². The first-order chi connectivity index (χ1) is 5.27. The Balaban J connectivity index is 2.37. The molecule has 1 saturated heterocycles. The van der Waals surface area contributed by atoms with Gasteiger partial charge in [0, 0.05) is 19.1 Å². The molecule has 0 spiro atoms. The highest BCUT2D eigenvalue weighted by Gasteiger charge is 2.31. The molecule has 64 valence electrons. The predicted molar refractivity (Wildman–Crippen MR) is 39.9 cm³/mol. The molecular weight excluding hydrogens is 144 g/mol. The van der Waals surface area contributed by atoms with Crippen LogP contribution >= 0.6 is 0 Å². The van der Waals surface area contributed by atoms with Crippen molar-refractivity contribution in [1.82, 2.24) is 0 Å². The van der Waals surface area contributed by atoms with Crippen molar-refractivity contribution in [2.75, 3.05) is 13.2 Å². The molecule has 1 aliphatic heterocycles. The van der Waals surface area contributed by atoms with E-state index >= 15 is 0 Å². The SMILES string of the molecule is [CH]C1C[C@@H](CO)[C@@H](CCO)O1. The molecule has 3 heteroatoms. The molecule has 1 heterocycles. The van der Waals surface area contributed by atoms with Gasteiger partial charge in [0.05, 0.1) is 12.2 Å². The molecule has 0 saturated carbocycles. The molecule has 0 amide bonds. The lowest BCUT2D eigenvalue weighted by Crippen LogP contribution is -2.20. The summed E-state index contributed by atoms with van der Waals surface area (Å²) in [5.74, 6) is 0.108. The van der Waals surface area contributed by atoms with Gasteiger partial charge in [-0.1, -0.05) is 0 Å². The fourth-order valence-corrected chi connectivity index (χ4v) is 1.46. The lowest BCUT2D eigenvalue weighted by molar-refractivity contribution is 0.0284. The summed E-state index contributed by atoms with van der Waals surface area (Å²) < 4.78 is 5.26. The van der Waals surface area contributed by atoms with Crippen molar-refractivity contribution in [3.63, 3.8) is 0 Å². The standard InChI is InChI=1S/C8H14O3/c1-6-4-7(5-10)8(11-6)2-3-9/h1,6-10H,2-5H2/t6?,7-,8+/m0/s1.